The molecule has 2 amide bonds. The molecular weight excluding hydrogens is 302 g/mol. The number of thiazole rings is 1. The van der Waals surface area contributed by atoms with E-state index in [0.717, 1.165) is 5.01 Å². The lowest BCUT2D eigenvalue weighted by Gasteiger charge is -2.17. The Balaban J connectivity index is 1.51. The number of urea groups is 1. The van der Waals surface area contributed by atoms with Gasteiger partial charge in [0.25, 0.3) is 0 Å². The number of thiophene rings is 1. The normalized spacial score (nSPS) is 17.2. The first kappa shape index (κ1) is 14.5. The van der Waals surface area contributed by atoms with Gasteiger partial charge in [-0.15, -0.1) is 22.7 Å². The van der Waals surface area contributed by atoms with Crippen LogP contribution in [0.4, 0.5) is 4.79 Å². The minimum atomic E-state index is -0.0921. The average Bonchev–Trinajstić information content (AvgIpc) is 2.97. The molecule has 0 radical (unpaired) electrons. The minimum Gasteiger partial charge on any atom is -0.338 e. The lowest BCUT2D eigenvalue weighted by molar-refractivity contribution is 0.235. The van der Waals surface area contributed by atoms with Crippen molar-refractivity contribution < 1.29 is 4.79 Å². The molecule has 0 spiro atoms. The highest BCUT2D eigenvalue weighted by Crippen LogP contribution is 2.41. The molecule has 1 saturated carbocycles. The van der Waals surface area contributed by atoms with Gasteiger partial charge < -0.3 is 10.6 Å². The third-order valence-corrected chi connectivity index (χ3v) is 5.66. The fourth-order valence-electron chi connectivity index (χ4n) is 2.31. The average molecular weight is 321 g/mol. The Morgan fingerprint density at radius 2 is 2.29 bits per heavy atom. The molecule has 2 heterocycles. The summed E-state index contributed by atoms with van der Waals surface area (Å²) < 4.78 is 0. The van der Waals surface area contributed by atoms with Gasteiger partial charge in [-0.2, -0.15) is 0 Å². The smallest absolute Gasteiger partial charge is 0.315 e. The van der Waals surface area contributed by atoms with E-state index in [1.54, 1.807) is 28.9 Å². The van der Waals surface area contributed by atoms with Crippen molar-refractivity contribution in [3.05, 3.63) is 39.0 Å². The molecule has 1 aliphatic carbocycles. The summed E-state index contributed by atoms with van der Waals surface area (Å²) in [5, 5.41) is 11.1. The molecule has 1 aliphatic rings. The summed E-state index contributed by atoms with van der Waals surface area (Å²) in [6.45, 7) is 2.78. The molecule has 1 fully saturated rings. The van der Waals surface area contributed by atoms with Gasteiger partial charge in [0, 0.05) is 28.9 Å². The molecule has 3 rings (SSSR count). The third kappa shape index (κ3) is 3.83. The summed E-state index contributed by atoms with van der Waals surface area (Å²) in [5.41, 5.74) is 0. The van der Waals surface area contributed by atoms with Gasteiger partial charge in [0.15, 0.2) is 0 Å². The summed E-state index contributed by atoms with van der Waals surface area (Å²) in [5.74, 6) is 0.895. The number of rotatable bonds is 6. The molecule has 0 bridgehead atoms. The highest BCUT2D eigenvalue weighted by molar-refractivity contribution is 7.10. The van der Waals surface area contributed by atoms with E-state index in [1.807, 2.05) is 11.4 Å². The first-order chi connectivity index (χ1) is 10.2. The van der Waals surface area contributed by atoms with Gasteiger partial charge in [-0.25, -0.2) is 9.78 Å². The molecule has 0 unspecified atom stereocenters. The Morgan fingerprint density at radius 3 is 2.90 bits per heavy atom. The summed E-state index contributed by atoms with van der Waals surface area (Å²) >= 11 is 3.34. The predicted octanol–water partition coefficient (Wildman–Crippen LogP) is 3.76. The van der Waals surface area contributed by atoms with Crippen molar-refractivity contribution in [3.63, 3.8) is 0 Å². The second-order valence-electron chi connectivity index (χ2n) is 5.46. The van der Waals surface area contributed by atoms with Gasteiger partial charge in [0.05, 0.1) is 6.04 Å². The van der Waals surface area contributed by atoms with Crippen LogP contribution in [0.5, 0.6) is 0 Å². The summed E-state index contributed by atoms with van der Waals surface area (Å²) in [4.78, 5) is 17.8. The number of nitrogens with zero attached hydrogens (tertiary/aromatic N) is 1. The maximum atomic E-state index is 12.1. The Bertz CT molecular complexity index is 564. The molecule has 0 aromatic carbocycles. The number of aromatic nitrogens is 1. The highest BCUT2D eigenvalue weighted by Gasteiger charge is 2.34. The van der Waals surface area contributed by atoms with Crippen LogP contribution in [0.25, 0.3) is 0 Å². The van der Waals surface area contributed by atoms with Crippen molar-refractivity contribution in [2.75, 3.05) is 6.54 Å². The topological polar surface area (TPSA) is 54.0 Å². The second-order valence-corrected chi connectivity index (χ2v) is 7.36. The first-order valence-electron chi connectivity index (χ1n) is 7.21. The molecule has 21 heavy (non-hydrogen) atoms. The van der Waals surface area contributed by atoms with Gasteiger partial charge in [-0.3, -0.25) is 0 Å². The standard InChI is InChI=1S/C15H19N3OS2/c1-10(12-3-2-7-20-12)9-17-15(19)18-13(11-4-5-11)14-16-6-8-21-14/h2-3,6-8,10-11,13H,4-5,9H2,1H3,(H2,17,18,19)/t10-,13+/m1/s1. The Morgan fingerprint density at radius 1 is 1.43 bits per heavy atom. The maximum Gasteiger partial charge on any atom is 0.315 e. The predicted molar refractivity (Wildman–Crippen MR) is 86.8 cm³/mol. The second kappa shape index (κ2) is 6.58. The Kier molecular flexibility index (Phi) is 4.55. The van der Waals surface area contributed by atoms with Crippen molar-refractivity contribution in [1.29, 1.82) is 0 Å². The van der Waals surface area contributed by atoms with Crippen LogP contribution in [-0.4, -0.2) is 17.6 Å². The lowest BCUT2D eigenvalue weighted by atomic mass is 10.1. The maximum absolute atomic E-state index is 12.1. The van der Waals surface area contributed by atoms with E-state index in [1.165, 1.54) is 17.7 Å². The summed E-state index contributed by atoms with van der Waals surface area (Å²) in [6.07, 6.45) is 4.15. The van der Waals surface area contributed by atoms with E-state index >= 15 is 0 Å². The minimum absolute atomic E-state index is 0.0713. The Hall–Kier alpha value is -1.40. The zero-order chi connectivity index (χ0) is 14.7. The number of hydrogen-bond acceptors (Lipinski definition) is 4. The zero-order valence-corrected chi connectivity index (χ0v) is 13.5. The van der Waals surface area contributed by atoms with Crippen LogP contribution < -0.4 is 10.6 Å². The van der Waals surface area contributed by atoms with E-state index in [-0.39, 0.29) is 12.1 Å². The molecule has 0 aliphatic heterocycles. The SMILES string of the molecule is C[C@H](CNC(=O)N[C@H](c1nccs1)C1CC1)c1cccs1. The van der Waals surface area contributed by atoms with E-state index in [9.17, 15) is 4.79 Å². The van der Waals surface area contributed by atoms with E-state index in [2.05, 4.69) is 34.0 Å². The van der Waals surface area contributed by atoms with Gasteiger partial charge >= 0.3 is 6.03 Å². The van der Waals surface area contributed by atoms with Gasteiger partial charge in [-0.1, -0.05) is 13.0 Å². The highest BCUT2D eigenvalue weighted by atomic mass is 32.1. The first-order valence-corrected chi connectivity index (χ1v) is 8.97. The van der Waals surface area contributed by atoms with E-state index in [4.69, 9.17) is 0 Å². The molecule has 2 aromatic rings. The van der Waals surface area contributed by atoms with Crippen LogP contribution in [0.1, 0.15) is 41.6 Å². The largest absolute Gasteiger partial charge is 0.338 e. The summed E-state index contributed by atoms with van der Waals surface area (Å²) in [7, 11) is 0. The molecule has 0 saturated heterocycles. The Labute approximate surface area is 132 Å². The lowest BCUT2D eigenvalue weighted by Crippen LogP contribution is -2.40. The van der Waals surface area contributed by atoms with Crippen LogP contribution in [0.3, 0.4) is 0 Å². The molecular formula is C15H19N3OS2. The van der Waals surface area contributed by atoms with E-state index < -0.39 is 0 Å². The monoisotopic (exact) mass is 321 g/mol. The molecule has 2 N–H and O–H groups in total. The fraction of sp³-hybridized carbons (Fsp3) is 0.467. The zero-order valence-electron chi connectivity index (χ0n) is 11.9. The van der Waals surface area contributed by atoms with Crippen LogP contribution in [-0.2, 0) is 0 Å². The number of hydrogen-bond donors (Lipinski definition) is 2. The quantitative estimate of drug-likeness (QED) is 0.851. The van der Waals surface area contributed by atoms with Crippen LogP contribution in [0.2, 0.25) is 0 Å². The number of nitrogens with one attached hydrogen (secondary N) is 2. The third-order valence-electron chi connectivity index (χ3n) is 3.70. The summed E-state index contributed by atoms with van der Waals surface area (Å²) in [6, 6.07) is 4.13. The molecule has 2 atom stereocenters. The van der Waals surface area contributed by atoms with Crippen molar-refractivity contribution in [3.8, 4) is 0 Å². The molecule has 4 nitrogen and oxygen atoms in total. The van der Waals surface area contributed by atoms with Crippen molar-refractivity contribution in [1.82, 2.24) is 15.6 Å². The van der Waals surface area contributed by atoms with Crippen LogP contribution >= 0.6 is 22.7 Å². The van der Waals surface area contributed by atoms with E-state index in [0.29, 0.717) is 18.4 Å². The van der Waals surface area contributed by atoms with Crippen molar-refractivity contribution in [2.24, 2.45) is 5.92 Å². The fourth-order valence-corrected chi connectivity index (χ4v) is 3.88. The van der Waals surface area contributed by atoms with Gasteiger partial charge in [0.1, 0.15) is 5.01 Å². The number of carbonyl (C=O) groups excluding carboxylic acids is 1. The molecule has 6 heteroatoms. The number of carbonyl (C=O) groups is 1. The van der Waals surface area contributed by atoms with Crippen LogP contribution in [0.15, 0.2) is 29.1 Å². The van der Waals surface area contributed by atoms with Gasteiger partial charge in [-0.05, 0) is 30.2 Å². The molecule has 2 aromatic heterocycles. The molecule has 112 valence electrons. The van der Waals surface area contributed by atoms with Crippen molar-refractivity contribution in [2.45, 2.75) is 31.7 Å². The van der Waals surface area contributed by atoms with Crippen molar-refractivity contribution >= 4 is 28.7 Å². The van der Waals surface area contributed by atoms with Crippen LogP contribution in [0, 0.1) is 5.92 Å². The van der Waals surface area contributed by atoms with Gasteiger partial charge in [0.2, 0.25) is 0 Å². The number of amides is 2.